The molecule has 0 aromatic carbocycles. The van der Waals surface area contributed by atoms with Crippen LogP contribution in [0.15, 0.2) is 12.2 Å². The maximum atomic E-state index is 12.7. The smallest absolute Gasteiger partial charge is 0.472 e. The summed E-state index contributed by atoms with van der Waals surface area (Å²) in [5.74, 6) is -1.76. The van der Waals surface area contributed by atoms with E-state index >= 15 is 0 Å². The highest BCUT2D eigenvalue weighted by Crippen LogP contribution is 2.43. The summed E-state index contributed by atoms with van der Waals surface area (Å²) in [7, 11) is -4.62. The quantitative estimate of drug-likeness (QED) is 0.0233. The largest absolute Gasteiger partial charge is 0.480 e. The Morgan fingerprint density at radius 3 is 1.23 bits per heavy atom. The van der Waals surface area contributed by atoms with Gasteiger partial charge in [0.15, 0.2) is 0 Å². The van der Waals surface area contributed by atoms with Crippen LogP contribution < -0.4 is 5.73 Å². The van der Waals surface area contributed by atoms with Crippen molar-refractivity contribution >= 4 is 19.8 Å². The second-order valence-corrected chi connectivity index (χ2v) is 19.5. The van der Waals surface area contributed by atoms with Gasteiger partial charge in [-0.15, -0.1) is 0 Å². The molecule has 3 atom stereocenters. The van der Waals surface area contributed by atoms with E-state index in [2.05, 4.69) is 26.0 Å². The third-order valence-electron chi connectivity index (χ3n) is 11.8. The maximum absolute atomic E-state index is 12.7. The summed E-state index contributed by atoms with van der Waals surface area (Å²) in [6, 6.07) is -1.47. The lowest BCUT2D eigenvalue weighted by Gasteiger charge is -2.20. The number of aliphatic carboxylic acids is 1. The Labute approximate surface area is 382 Å². The first-order valence-corrected chi connectivity index (χ1v) is 27.7. The minimum absolute atomic E-state index is 0.0210. The van der Waals surface area contributed by atoms with Crippen molar-refractivity contribution < 1.29 is 42.7 Å². The number of allylic oxidation sites excluding steroid dienone is 2. The van der Waals surface area contributed by atoms with Gasteiger partial charge in [0.1, 0.15) is 12.1 Å². The minimum atomic E-state index is -4.62. The van der Waals surface area contributed by atoms with E-state index in [9.17, 15) is 19.0 Å². The Morgan fingerprint density at radius 1 is 0.500 bits per heavy atom. The molecule has 0 aromatic heterocycles. The van der Waals surface area contributed by atoms with Crippen molar-refractivity contribution in [3.63, 3.8) is 0 Å². The van der Waals surface area contributed by atoms with Gasteiger partial charge in [0, 0.05) is 13.0 Å². The summed E-state index contributed by atoms with van der Waals surface area (Å²) >= 11 is 0. The third-order valence-corrected chi connectivity index (χ3v) is 12.7. The number of carbonyl (C=O) groups is 2. The van der Waals surface area contributed by atoms with Crippen LogP contribution in [-0.4, -0.2) is 60.5 Å². The van der Waals surface area contributed by atoms with Crippen molar-refractivity contribution in [2.24, 2.45) is 5.73 Å². The Bertz CT molecular complexity index is 1040. The molecule has 3 unspecified atom stereocenters. The summed E-state index contributed by atoms with van der Waals surface area (Å²) in [4.78, 5) is 33.7. The average molecular weight is 902 g/mol. The number of hydrogen-bond donors (Lipinski definition) is 3. The molecule has 0 heterocycles. The van der Waals surface area contributed by atoms with E-state index in [0.717, 1.165) is 38.5 Å². The first kappa shape index (κ1) is 60.7. The Hall–Kier alpha value is -1.29. The van der Waals surface area contributed by atoms with Crippen molar-refractivity contribution in [1.82, 2.24) is 0 Å². The zero-order valence-corrected chi connectivity index (χ0v) is 41.4. The molecule has 0 radical (unpaired) electrons. The highest BCUT2D eigenvalue weighted by Gasteiger charge is 2.27. The van der Waals surface area contributed by atoms with Crippen LogP contribution >= 0.6 is 7.82 Å². The molecule has 368 valence electrons. The maximum Gasteiger partial charge on any atom is 0.472 e. The molecular weight excluding hydrogens is 802 g/mol. The number of phosphoric acid groups is 1. The number of rotatable bonds is 51. The van der Waals surface area contributed by atoms with Gasteiger partial charge >= 0.3 is 19.8 Å². The summed E-state index contributed by atoms with van der Waals surface area (Å²) in [6.45, 7) is 3.94. The van der Waals surface area contributed by atoms with Gasteiger partial charge in [-0.2, -0.15) is 0 Å². The van der Waals surface area contributed by atoms with Crippen molar-refractivity contribution in [3.05, 3.63) is 12.2 Å². The number of ether oxygens (including phenoxy) is 2. The molecule has 0 spiro atoms. The van der Waals surface area contributed by atoms with Crippen LogP contribution in [0.1, 0.15) is 264 Å². The summed E-state index contributed by atoms with van der Waals surface area (Å²) < 4.78 is 33.5. The topological polar surface area (TPSA) is 155 Å². The molecule has 0 bridgehead atoms. The summed E-state index contributed by atoms with van der Waals surface area (Å²) in [5.41, 5.74) is 5.38. The molecule has 0 aliphatic heterocycles. The van der Waals surface area contributed by atoms with Gasteiger partial charge in [0.05, 0.1) is 19.8 Å². The Balaban J connectivity index is 4.09. The second kappa shape index (κ2) is 47.7. The molecular formula is C51H100NO9P. The fourth-order valence-corrected chi connectivity index (χ4v) is 8.50. The van der Waals surface area contributed by atoms with Crippen LogP contribution in [0.25, 0.3) is 0 Å². The fraction of sp³-hybridized carbons (Fsp3) is 0.922. The zero-order valence-electron chi connectivity index (χ0n) is 40.5. The van der Waals surface area contributed by atoms with Gasteiger partial charge in [-0.1, -0.05) is 231 Å². The van der Waals surface area contributed by atoms with Crippen molar-refractivity contribution in [3.8, 4) is 0 Å². The van der Waals surface area contributed by atoms with Crippen molar-refractivity contribution in [1.29, 1.82) is 0 Å². The van der Waals surface area contributed by atoms with E-state index in [1.807, 2.05) is 0 Å². The summed E-state index contributed by atoms with van der Waals surface area (Å²) in [5, 5.41) is 8.93. The number of esters is 1. The number of phosphoric ester groups is 1. The van der Waals surface area contributed by atoms with Gasteiger partial charge in [-0.3, -0.25) is 18.6 Å². The van der Waals surface area contributed by atoms with E-state index in [0.29, 0.717) is 6.61 Å². The lowest BCUT2D eigenvalue weighted by atomic mass is 10.0. The number of nitrogens with two attached hydrogens (primary N) is 1. The molecule has 0 aliphatic carbocycles. The third kappa shape index (κ3) is 46.7. The standard InChI is InChI=1S/C51H100NO9P/c1-3-5-7-9-11-13-15-17-19-21-23-24-25-27-29-31-33-35-37-39-41-43-50(53)61-48(46-59-62(56,57)60-47-49(52)51(54)55)45-58-44-42-40-38-36-34-32-30-28-26-22-20-18-16-14-12-10-8-6-4-2/h20,22,48-49H,3-19,21,23-47,52H2,1-2H3,(H,54,55)(H,56,57)/b22-20-. The van der Waals surface area contributed by atoms with E-state index in [1.54, 1.807) is 0 Å². The average Bonchev–Trinajstić information content (AvgIpc) is 3.25. The minimum Gasteiger partial charge on any atom is -0.480 e. The lowest BCUT2D eigenvalue weighted by molar-refractivity contribution is -0.154. The van der Waals surface area contributed by atoms with Gasteiger partial charge in [-0.25, -0.2) is 4.57 Å². The molecule has 0 fully saturated rings. The van der Waals surface area contributed by atoms with E-state index in [4.69, 9.17) is 29.4 Å². The van der Waals surface area contributed by atoms with Crippen LogP contribution in [0.5, 0.6) is 0 Å². The second-order valence-electron chi connectivity index (χ2n) is 18.0. The summed E-state index contributed by atoms with van der Waals surface area (Å²) in [6.07, 6.45) is 52.7. The molecule has 0 saturated heterocycles. The predicted molar refractivity (Wildman–Crippen MR) is 259 cm³/mol. The highest BCUT2D eigenvalue weighted by atomic mass is 31.2. The number of carboxylic acid groups (broad SMARTS) is 1. The first-order chi connectivity index (χ1) is 30.2. The SMILES string of the molecule is CCCCCCCCC/C=C\CCCCCCCCCCOCC(COP(=O)(O)OCC(N)C(=O)O)OC(=O)CCCCCCCCCCCCCCCCCCCCCCC. The molecule has 0 saturated carbocycles. The van der Waals surface area contributed by atoms with Crippen LogP contribution in [0.4, 0.5) is 0 Å². The van der Waals surface area contributed by atoms with Gasteiger partial charge in [0.2, 0.25) is 0 Å². The van der Waals surface area contributed by atoms with Crippen LogP contribution in [0.2, 0.25) is 0 Å². The molecule has 0 amide bonds. The van der Waals surface area contributed by atoms with Crippen LogP contribution in [-0.2, 0) is 32.7 Å². The monoisotopic (exact) mass is 902 g/mol. The molecule has 0 aromatic rings. The highest BCUT2D eigenvalue weighted by molar-refractivity contribution is 7.47. The number of unbranched alkanes of at least 4 members (excludes halogenated alkanes) is 35. The van der Waals surface area contributed by atoms with Gasteiger partial charge in [-0.05, 0) is 38.5 Å². The lowest BCUT2D eigenvalue weighted by Crippen LogP contribution is -2.34. The van der Waals surface area contributed by atoms with E-state index in [-0.39, 0.29) is 13.0 Å². The molecule has 4 N–H and O–H groups in total. The molecule has 10 nitrogen and oxygen atoms in total. The van der Waals surface area contributed by atoms with E-state index in [1.165, 1.54) is 205 Å². The zero-order chi connectivity index (χ0) is 45.5. The molecule has 11 heteroatoms. The Kier molecular flexibility index (Phi) is 46.7. The van der Waals surface area contributed by atoms with Crippen molar-refractivity contribution in [2.75, 3.05) is 26.4 Å². The molecule has 0 aliphatic rings. The molecule has 0 rings (SSSR count). The Morgan fingerprint density at radius 2 is 0.839 bits per heavy atom. The number of carboxylic acids is 1. The predicted octanol–water partition coefficient (Wildman–Crippen LogP) is 15.3. The van der Waals surface area contributed by atoms with Crippen LogP contribution in [0.3, 0.4) is 0 Å². The molecule has 62 heavy (non-hydrogen) atoms. The number of carbonyl (C=O) groups excluding carboxylic acids is 1. The normalized spacial score (nSPS) is 13.7. The van der Waals surface area contributed by atoms with Gasteiger partial charge < -0.3 is 25.2 Å². The van der Waals surface area contributed by atoms with Gasteiger partial charge in [0.25, 0.3) is 0 Å². The van der Waals surface area contributed by atoms with E-state index < -0.39 is 45.1 Å². The fourth-order valence-electron chi connectivity index (χ4n) is 7.72. The van der Waals surface area contributed by atoms with Crippen LogP contribution in [0, 0.1) is 0 Å². The first-order valence-electron chi connectivity index (χ1n) is 26.2. The number of hydrogen-bond acceptors (Lipinski definition) is 8. The van der Waals surface area contributed by atoms with Crippen molar-refractivity contribution in [2.45, 2.75) is 276 Å².